The van der Waals surface area contributed by atoms with Crippen molar-refractivity contribution in [1.82, 2.24) is 9.97 Å². The molecular weight excluding hydrogens is 748 g/mol. The van der Waals surface area contributed by atoms with Crippen molar-refractivity contribution in [1.29, 1.82) is 0 Å². The summed E-state index contributed by atoms with van der Waals surface area (Å²) in [5.74, 6) is 1.34. The second kappa shape index (κ2) is 15.6. The van der Waals surface area contributed by atoms with Crippen LogP contribution in [0.3, 0.4) is 0 Å². The second-order valence-corrected chi connectivity index (χ2v) is 16.2. The van der Waals surface area contributed by atoms with Gasteiger partial charge in [-0.1, -0.05) is 59.6 Å². The van der Waals surface area contributed by atoms with Crippen LogP contribution in [0.4, 0.5) is 10.1 Å². The van der Waals surface area contributed by atoms with E-state index in [4.69, 9.17) is 36.8 Å². The van der Waals surface area contributed by atoms with Gasteiger partial charge in [-0.15, -0.1) is 0 Å². The maximum Gasteiger partial charge on any atom is 0.306 e. The van der Waals surface area contributed by atoms with E-state index in [-0.39, 0.29) is 11.8 Å². The number of benzene rings is 4. The number of hydrogen-bond acceptors (Lipinski definition) is 7. The fraction of sp³-hybridized carbons (Fsp3) is 0.239. The average Bonchev–Trinajstić information content (AvgIpc) is 3.80. The number of nitrogens with zero attached hydrogens (tertiary/aromatic N) is 2. The Bertz CT molecular complexity index is 2640. The van der Waals surface area contributed by atoms with Crippen LogP contribution in [0.1, 0.15) is 52.9 Å². The van der Waals surface area contributed by atoms with Crippen molar-refractivity contribution in [3.8, 4) is 22.6 Å². The normalized spacial score (nSPS) is 15.9. The lowest BCUT2D eigenvalue weighted by Crippen LogP contribution is -2.29. The lowest BCUT2D eigenvalue weighted by molar-refractivity contribution is -0.156. The first-order chi connectivity index (χ1) is 27.0. The molecule has 8 aromatic rings. The van der Waals surface area contributed by atoms with Crippen LogP contribution in [0.15, 0.2) is 119 Å². The minimum atomic E-state index is -0.429. The van der Waals surface area contributed by atoms with E-state index in [1.165, 1.54) is 12.1 Å². The zero-order valence-corrected chi connectivity index (χ0v) is 32.8. The number of fused-ring (bicyclic) bond motifs is 4. The van der Waals surface area contributed by atoms with Crippen molar-refractivity contribution in [3.05, 3.63) is 126 Å². The molecule has 0 unspecified atom stereocenters. The van der Waals surface area contributed by atoms with Gasteiger partial charge in [0.25, 0.3) is 0 Å². The topological polar surface area (TPSA) is 90.4 Å². The first-order valence-corrected chi connectivity index (χ1v) is 19.5. The predicted octanol–water partition coefficient (Wildman–Crippen LogP) is 13.4. The van der Waals surface area contributed by atoms with E-state index < -0.39 is 5.60 Å². The molecule has 0 saturated heterocycles. The van der Waals surface area contributed by atoms with Gasteiger partial charge >= 0.3 is 5.97 Å². The third-order valence-electron chi connectivity index (χ3n) is 10.1. The van der Waals surface area contributed by atoms with Gasteiger partial charge in [0, 0.05) is 81.0 Å². The van der Waals surface area contributed by atoms with Crippen LogP contribution in [-0.2, 0) is 9.53 Å². The second-order valence-electron chi connectivity index (χ2n) is 15.4. The summed E-state index contributed by atoms with van der Waals surface area (Å²) in [5.41, 5.74) is 3.84. The van der Waals surface area contributed by atoms with Crippen molar-refractivity contribution in [2.24, 2.45) is 5.92 Å². The number of nitrogens with one attached hydrogen (secondary N) is 1. The third kappa shape index (κ3) is 8.23. The SMILES string of the molecule is CC(C)(C)OC(=O)CC1CCC(Nc2cc(Cl)c3cncc(-c4cc5ccccc5o4)c3c2)CC1.Fc1cc(Cl)c2cncc(-c3cc4ccccc4o3)c2c1. The first kappa shape index (κ1) is 37.5. The number of ether oxygens (including phenoxy) is 1. The maximum absolute atomic E-state index is 13.7. The molecule has 1 fully saturated rings. The summed E-state index contributed by atoms with van der Waals surface area (Å²) in [6.45, 7) is 5.74. The summed E-state index contributed by atoms with van der Waals surface area (Å²) in [6.07, 6.45) is 11.5. The van der Waals surface area contributed by atoms with Crippen LogP contribution in [0.2, 0.25) is 10.0 Å². The molecule has 56 heavy (non-hydrogen) atoms. The molecule has 0 aliphatic heterocycles. The first-order valence-electron chi connectivity index (χ1n) is 18.7. The monoisotopic (exact) mass is 787 g/mol. The summed E-state index contributed by atoms with van der Waals surface area (Å²) in [5, 5.41) is 10.0. The highest BCUT2D eigenvalue weighted by Gasteiger charge is 2.26. The zero-order valence-electron chi connectivity index (χ0n) is 31.2. The molecule has 0 amide bonds. The fourth-order valence-corrected chi connectivity index (χ4v) is 8.02. The summed E-state index contributed by atoms with van der Waals surface area (Å²) >= 11 is 12.8. The van der Waals surface area contributed by atoms with Gasteiger partial charge in [0.05, 0.1) is 10.0 Å². The van der Waals surface area contributed by atoms with Crippen LogP contribution < -0.4 is 5.32 Å². The van der Waals surface area contributed by atoms with E-state index in [0.717, 1.165) is 81.0 Å². The lowest BCUT2D eigenvalue weighted by Gasteiger charge is -2.30. The molecule has 4 aromatic carbocycles. The number of hydrogen-bond donors (Lipinski definition) is 1. The summed E-state index contributed by atoms with van der Waals surface area (Å²) in [6, 6.07) is 26.9. The molecule has 1 N–H and O–H groups in total. The molecule has 4 heterocycles. The van der Waals surface area contributed by atoms with Crippen molar-refractivity contribution < 1.29 is 22.8 Å². The molecular formula is C46H40Cl2FN3O4. The van der Waals surface area contributed by atoms with Gasteiger partial charge in [0.15, 0.2) is 0 Å². The number of carbonyl (C=O) groups is 1. The van der Waals surface area contributed by atoms with Gasteiger partial charge < -0.3 is 18.9 Å². The molecule has 284 valence electrons. The molecule has 1 saturated carbocycles. The Morgan fingerprint density at radius 2 is 1.27 bits per heavy atom. The van der Waals surface area contributed by atoms with Crippen LogP contribution in [0.25, 0.3) is 66.1 Å². The van der Waals surface area contributed by atoms with Crippen LogP contribution in [0, 0.1) is 11.7 Å². The van der Waals surface area contributed by atoms with Crippen LogP contribution >= 0.6 is 23.2 Å². The Labute approximate surface area is 333 Å². The number of para-hydroxylation sites is 2. The molecule has 7 nitrogen and oxygen atoms in total. The van der Waals surface area contributed by atoms with E-state index in [0.29, 0.717) is 45.0 Å². The highest BCUT2D eigenvalue weighted by molar-refractivity contribution is 6.36. The Balaban J connectivity index is 0.000000178. The fourth-order valence-electron chi connectivity index (χ4n) is 7.49. The number of halogens is 3. The van der Waals surface area contributed by atoms with Gasteiger partial charge in [0.1, 0.15) is 34.1 Å². The number of esters is 1. The van der Waals surface area contributed by atoms with Crippen LogP contribution in [-0.4, -0.2) is 27.6 Å². The highest BCUT2D eigenvalue weighted by Crippen LogP contribution is 2.38. The van der Waals surface area contributed by atoms with Gasteiger partial charge in [-0.25, -0.2) is 4.39 Å². The highest BCUT2D eigenvalue weighted by atomic mass is 35.5. The van der Waals surface area contributed by atoms with Crippen molar-refractivity contribution in [2.75, 3.05) is 5.32 Å². The number of rotatable bonds is 6. The van der Waals surface area contributed by atoms with E-state index in [1.54, 1.807) is 18.6 Å². The van der Waals surface area contributed by atoms with Gasteiger partial charge in [-0.2, -0.15) is 0 Å². The van der Waals surface area contributed by atoms with Crippen molar-refractivity contribution in [2.45, 2.75) is 64.5 Å². The minimum Gasteiger partial charge on any atom is -0.460 e. The molecule has 0 radical (unpaired) electrons. The average molecular weight is 789 g/mol. The molecule has 0 bridgehead atoms. The minimum absolute atomic E-state index is 0.0954. The predicted molar refractivity (Wildman–Crippen MR) is 224 cm³/mol. The van der Waals surface area contributed by atoms with E-state index >= 15 is 0 Å². The van der Waals surface area contributed by atoms with Crippen LogP contribution in [0.5, 0.6) is 0 Å². The van der Waals surface area contributed by atoms with Gasteiger partial charge in [-0.05, 0) is 106 Å². The zero-order chi connectivity index (χ0) is 39.0. The molecule has 4 aromatic heterocycles. The summed E-state index contributed by atoms with van der Waals surface area (Å²) < 4.78 is 31.1. The molecule has 1 aliphatic rings. The quantitative estimate of drug-likeness (QED) is 0.168. The standard InChI is InChI=1S/C29H31ClN2O3.C17H9ClFNO/c1-29(2,3)35-28(33)12-18-8-10-20(11-9-18)32-21-14-22-23(25(30)15-21)16-31-17-24(22)27-13-19-6-4-5-7-26(19)34-27;18-15-7-11(19)6-12-13(15)8-20-9-14(12)17-5-10-3-1-2-4-16(10)21-17/h4-7,13-18,20,32H,8-12H2,1-3H3;1-9H. The summed E-state index contributed by atoms with van der Waals surface area (Å²) in [7, 11) is 0. The lowest BCUT2D eigenvalue weighted by atomic mass is 9.84. The number of anilines is 1. The van der Waals surface area contributed by atoms with Gasteiger partial charge in [0.2, 0.25) is 0 Å². The number of furan rings is 2. The summed E-state index contributed by atoms with van der Waals surface area (Å²) in [4.78, 5) is 20.8. The molecule has 9 rings (SSSR count). The number of pyridine rings is 2. The molecule has 0 spiro atoms. The Hall–Kier alpha value is -5.44. The molecule has 1 aliphatic carbocycles. The molecule has 10 heteroatoms. The largest absolute Gasteiger partial charge is 0.460 e. The maximum atomic E-state index is 13.7. The molecule has 0 atom stereocenters. The number of aromatic nitrogens is 2. The third-order valence-corrected chi connectivity index (χ3v) is 10.7. The van der Waals surface area contributed by atoms with E-state index in [9.17, 15) is 9.18 Å². The van der Waals surface area contributed by atoms with Crippen molar-refractivity contribution in [3.63, 3.8) is 0 Å². The Kier molecular flexibility index (Phi) is 10.4. The Morgan fingerprint density at radius 1 is 0.732 bits per heavy atom. The van der Waals surface area contributed by atoms with E-state index in [2.05, 4.69) is 21.4 Å². The van der Waals surface area contributed by atoms with Gasteiger partial charge in [-0.3, -0.25) is 14.8 Å². The number of carbonyl (C=O) groups excluding carboxylic acids is 1. The Morgan fingerprint density at radius 3 is 1.82 bits per heavy atom. The van der Waals surface area contributed by atoms with Crippen molar-refractivity contribution >= 4 is 78.3 Å². The smallest absolute Gasteiger partial charge is 0.306 e. The van der Waals surface area contributed by atoms with E-state index in [1.807, 2.05) is 93.7 Å².